The van der Waals surface area contributed by atoms with Gasteiger partial charge in [0.15, 0.2) is 0 Å². The molecular weight excluding hydrogens is 184 g/mol. The van der Waals surface area contributed by atoms with Crippen LogP contribution in [0.4, 0.5) is 0 Å². The third kappa shape index (κ3) is 4.25. The zero-order valence-corrected chi connectivity index (χ0v) is 10.5. The first-order valence-corrected chi connectivity index (χ1v) is 6.43. The zero-order valence-electron chi connectivity index (χ0n) is 10.5. The normalized spacial score (nSPS) is 16.9. The third-order valence-corrected chi connectivity index (χ3v) is 3.04. The van der Waals surface area contributed by atoms with Crippen molar-refractivity contribution in [1.82, 2.24) is 9.80 Å². The predicted octanol–water partition coefficient (Wildman–Crippen LogP) is 2.72. The maximum atomic E-state index is 4.24. The maximum Gasteiger partial charge on any atom is 0.0377 e. The van der Waals surface area contributed by atoms with Gasteiger partial charge in [-0.25, -0.2) is 0 Å². The van der Waals surface area contributed by atoms with Gasteiger partial charge < -0.3 is 4.90 Å². The van der Waals surface area contributed by atoms with Gasteiger partial charge in [0.05, 0.1) is 0 Å². The van der Waals surface area contributed by atoms with Crippen molar-refractivity contribution in [1.29, 1.82) is 0 Å². The van der Waals surface area contributed by atoms with E-state index in [2.05, 4.69) is 30.2 Å². The molecule has 0 N–H and O–H groups in total. The molecule has 0 aromatic rings. The molecule has 0 aromatic carbocycles. The average Bonchev–Trinajstić information content (AvgIpc) is 2.70. The van der Waals surface area contributed by atoms with Gasteiger partial charge in [0.1, 0.15) is 0 Å². The van der Waals surface area contributed by atoms with Crippen molar-refractivity contribution in [2.45, 2.75) is 39.5 Å². The van der Waals surface area contributed by atoms with Crippen LogP contribution < -0.4 is 0 Å². The van der Waals surface area contributed by atoms with Crippen LogP contribution in [0.15, 0.2) is 12.3 Å². The van der Waals surface area contributed by atoms with E-state index in [1.165, 1.54) is 57.6 Å². The van der Waals surface area contributed by atoms with Gasteiger partial charge in [-0.05, 0) is 38.8 Å². The Morgan fingerprint density at radius 2 is 1.67 bits per heavy atom. The van der Waals surface area contributed by atoms with Crippen molar-refractivity contribution in [2.24, 2.45) is 0 Å². The van der Waals surface area contributed by atoms with E-state index in [1.807, 2.05) is 0 Å². The van der Waals surface area contributed by atoms with Gasteiger partial charge in [-0.1, -0.05) is 20.4 Å². The molecule has 1 fully saturated rings. The number of likely N-dealkylation sites (tertiary alicyclic amines) is 1. The second-order valence-electron chi connectivity index (χ2n) is 4.54. The average molecular weight is 210 g/mol. The Hall–Kier alpha value is -0.500. The van der Waals surface area contributed by atoms with Crippen molar-refractivity contribution in [3.8, 4) is 0 Å². The minimum absolute atomic E-state index is 1.08. The van der Waals surface area contributed by atoms with Gasteiger partial charge in [-0.15, -0.1) is 0 Å². The predicted molar refractivity (Wildman–Crippen MR) is 67.0 cm³/mol. The van der Waals surface area contributed by atoms with E-state index < -0.39 is 0 Å². The van der Waals surface area contributed by atoms with E-state index in [0.717, 1.165) is 6.54 Å². The van der Waals surface area contributed by atoms with Crippen molar-refractivity contribution in [3.63, 3.8) is 0 Å². The van der Waals surface area contributed by atoms with Crippen molar-refractivity contribution >= 4 is 0 Å². The van der Waals surface area contributed by atoms with Crippen LogP contribution in [0.5, 0.6) is 0 Å². The summed E-state index contributed by atoms with van der Waals surface area (Å²) in [4.78, 5) is 4.99. The molecular formula is C13H26N2. The molecule has 0 radical (unpaired) electrons. The summed E-state index contributed by atoms with van der Waals surface area (Å²) in [5, 5.41) is 0. The minimum atomic E-state index is 1.08. The van der Waals surface area contributed by atoms with Crippen LogP contribution in [0.3, 0.4) is 0 Å². The first kappa shape index (κ1) is 12.6. The summed E-state index contributed by atoms with van der Waals surface area (Å²) in [5.74, 6) is 0. The maximum absolute atomic E-state index is 4.24. The van der Waals surface area contributed by atoms with Crippen molar-refractivity contribution in [3.05, 3.63) is 12.3 Å². The molecule has 0 aliphatic carbocycles. The Morgan fingerprint density at radius 3 is 2.13 bits per heavy atom. The monoisotopic (exact) mass is 210 g/mol. The van der Waals surface area contributed by atoms with Gasteiger partial charge in [0.25, 0.3) is 0 Å². The Bertz CT molecular complexity index is 177. The van der Waals surface area contributed by atoms with Crippen LogP contribution in [-0.4, -0.2) is 42.5 Å². The van der Waals surface area contributed by atoms with Crippen LogP contribution in [0.25, 0.3) is 0 Å². The van der Waals surface area contributed by atoms with Gasteiger partial charge in [0.2, 0.25) is 0 Å². The smallest absolute Gasteiger partial charge is 0.0377 e. The molecule has 1 aliphatic heterocycles. The molecule has 2 heteroatoms. The summed E-state index contributed by atoms with van der Waals surface area (Å²) in [6.45, 7) is 14.7. The Morgan fingerprint density at radius 1 is 1.13 bits per heavy atom. The highest BCUT2D eigenvalue weighted by molar-refractivity contribution is 4.97. The van der Waals surface area contributed by atoms with Gasteiger partial charge in [0, 0.05) is 25.3 Å². The molecule has 0 spiro atoms. The van der Waals surface area contributed by atoms with Crippen LogP contribution in [-0.2, 0) is 0 Å². The lowest BCUT2D eigenvalue weighted by Crippen LogP contribution is -2.32. The van der Waals surface area contributed by atoms with Crippen molar-refractivity contribution in [2.75, 3.05) is 32.7 Å². The summed E-state index contributed by atoms with van der Waals surface area (Å²) >= 11 is 0. The first-order chi connectivity index (χ1) is 7.27. The SMILES string of the molecule is C=C(CN1CCCC1)N(CCC)CCC. The van der Waals surface area contributed by atoms with Crippen LogP contribution in [0.1, 0.15) is 39.5 Å². The lowest BCUT2D eigenvalue weighted by atomic mass is 10.3. The summed E-state index contributed by atoms with van der Waals surface area (Å²) in [6.07, 6.45) is 5.18. The second kappa shape index (κ2) is 6.89. The van der Waals surface area contributed by atoms with Crippen molar-refractivity contribution < 1.29 is 0 Å². The fourth-order valence-corrected chi connectivity index (χ4v) is 2.27. The van der Waals surface area contributed by atoms with Crippen LogP contribution in [0, 0.1) is 0 Å². The van der Waals surface area contributed by atoms with Gasteiger partial charge >= 0.3 is 0 Å². The fraction of sp³-hybridized carbons (Fsp3) is 0.846. The second-order valence-corrected chi connectivity index (χ2v) is 4.54. The van der Waals surface area contributed by atoms with E-state index in [1.54, 1.807) is 0 Å². The largest absolute Gasteiger partial charge is 0.374 e. The van der Waals surface area contributed by atoms with E-state index in [-0.39, 0.29) is 0 Å². The molecule has 0 aromatic heterocycles. The van der Waals surface area contributed by atoms with E-state index in [4.69, 9.17) is 0 Å². The van der Waals surface area contributed by atoms with Gasteiger partial charge in [-0.2, -0.15) is 0 Å². The molecule has 0 unspecified atom stereocenters. The molecule has 15 heavy (non-hydrogen) atoms. The molecule has 0 bridgehead atoms. The molecule has 0 saturated carbocycles. The molecule has 0 amide bonds. The molecule has 1 heterocycles. The molecule has 1 saturated heterocycles. The molecule has 0 atom stereocenters. The quantitative estimate of drug-likeness (QED) is 0.637. The first-order valence-electron chi connectivity index (χ1n) is 6.43. The topological polar surface area (TPSA) is 6.48 Å². The number of rotatable bonds is 7. The molecule has 2 nitrogen and oxygen atoms in total. The highest BCUT2D eigenvalue weighted by Gasteiger charge is 2.14. The summed E-state index contributed by atoms with van der Waals surface area (Å²) < 4.78 is 0. The third-order valence-electron chi connectivity index (χ3n) is 3.04. The summed E-state index contributed by atoms with van der Waals surface area (Å²) in [7, 11) is 0. The van der Waals surface area contributed by atoms with Crippen LogP contribution >= 0.6 is 0 Å². The highest BCUT2D eigenvalue weighted by atomic mass is 15.2. The minimum Gasteiger partial charge on any atom is -0.374 e. The Balaban J connectivity index is 2.33. The highest BCUT2D eigenvalue weighted by Crippen LogP contribution is 2.12. The molecule has 88 valence electrons. The standard InChI is InChI=1S/C13H26N2/c1-4-8-15(9-5-2)13(3)12-14-10-6-7-11-14/h3-12H2,1-2H3. The number of nitrogens with zero attached hydrogens (tertiary/aromatic N) is 2. The number of hydrogen-bond acceptors (Lipinski definition) is 2. The summed E-state index contributed by atoms with van der Waals surface area (Å²) in [6, 6.07) is 0. The Kier molecular flexibility index (Phi) is 5.77. The van der Waals surface area contributed by atoms with Gasteiger partial charge in [-0.3, -0.25) is 4.90 Å². The van der Waals surface area contributed by atoms with E-state index in [0.29, 0.717) is 0 Å². The van der Waals surface area contributed by atoms with Crippen LogP contribution in [0.2, 0.25) is 0 Å². The van der Waals surface area contributed by atoms with E-state index >= 15 is 0 Å². The number of hydrogen-bond donors (Lipinski definition) is 0. The lowest BCUT2D eigenvalue weighted by Gasteiger charge is -2.28. The Labute approximate surface area is 94.9 Å². The summed E-state index contributed by atoms with van der Waals surface area (Å²) in [5.41, 5.74) is 1.32. The fourth-order valence-electron chi connectivity index (χ4n) is 2.27. The molecule has 1 aliphatic rings. The zero-order chi connectivity index (χ0) is 11.1. The van der Waals surface area contributed by atoms with E-state index in [9.17, 15) is 0 Å². The lowest BCUT2D eigenvalue weighted by molar-refractivity contribution is 0.282. The molecule has 1 rings (SSSR count).